The average molecular weight is 310 g/mol. The predicted molar refractivity (Wildman–Crippen MR) is 93.5 cm³/mol. The molecule has 1 fully saturated rings. The van der Waals surface area contributed by atoms with Crippen molar-refractivity contribution in [2.75, 3.05) is 13.2 Å². The van der Waals surface area contributed by atoms with Gasteiger partial charge in [-0.05, 0) is 55.1 Å². The Bertz CT molecular complexity index is 600. The molecule has 1 aliphatic rings. The Labute approximate surface area is 139 Å². The van der Waals surface area contributed by atoms with Gasteiger partial charge in [0, 0.05) is 25.0 Å². The summed E-state index contributed by atoms with van der Waals surface area (Å²) in [6.45, 7) is 5.05. The lowest BCUT2D eigenvalue weighted by atomic mass is 9.96. The molecule has 1 aromatic heterocycles. The van der Waals surface area contributed by atoms with Gasteiger partial charge in [-0.2, -0.15) is 0 Å². The Kier molecular flexibility index (Phi) is 5.65. The highest BCUT2D eigenvalue weighted by Gasteiger charge is 2.24. The van der Waals surface area contributed by atoms with Crippen LogP contribution in [-0.4, -0.2) is 23.0 Å². The van der Waals surface area contributed by atoms with E-state index in [-0.39, 0.29) is 0 Å². The highest BCUT2D eigenvalue weighted by molar-refractivity contribution is 5.29. The molecule has 23 heavy (non-hydrogen) atoms. The van der Waals surface area contributed by atoms with Crippen LogP contribution in [0.25, 0.3) is 0 Å². The van der Waals surface area contributed by atoms with Crippen molar-refractivity contribution in [3.05, 3.63) is 59.9 Å². The molecule has 3 nitrogen and oxygen atoms in total. The molecule has 0 bridgehead atoms. The van der Waals surface area contributed by atoms with Gasteiger partial charge in [-0.1, -0.05) is 31.5 Å². The molecule has 1 saturated heterocycles. The summed E-state index contributed by atoms with van der Waals surface area (Å²) in [6.07, 6.45) is 8.71. The van der Waals surface area contributed by atoms with Gasteiger partial charge in [-0.25, -0.2) is 0 Å². The van der Waals surface area contributed by atoms with E-state index < -0.39 is 0 Å². The minimum atomic E-state index is 0.484. The van der Waals surface area contributed by atoms with Gasteiger partial charge in [0.05, 0.1) is 6.61 Å². The zero-order valence-electron chi connectivity index (χ0n) is 13.9. The van der Waals surface area contributed by atoms with Gasteiger partial charge < -0.3 is 4.74 Å². The number of aromatic nitrogens is 1. The van der Waals surface area contributed by atoms with E-state index in [9.17, 15) is 0 Å². The maximum Gasteiger partial charge on any atom is 0.119 e. The summed E-state index contributed by atoms with van der Waals surface area (Å²) in [5.41, 5.74) is 2.67. The molecular formula is C20H26N2O. The normalized spacial score (nSPS) is 18.7. The maximum atomic E-state index is 5.77. The van der Waals surface area contributed by atoms with Crippen molar-refractivity contribution in [1.82, 2.24) is 9.88 Å². The van der Waals surface area contributed by atoms with Gasteiger partial charge in [0.25, 0.3) is 0 Å². The molecule has 3 rings (SSSR count). The van der Waals surface area contributed by atoms with Gasteiger partial charge in [-0.3, -0.25) is 9.88 Å². The summed E-state index contributed by atoms with van der Waals surface area (Å²) in [4.78, 5) is 6.89. The second-order valence-electron chi connectivity index (χ2n) is 6.26. The predicted octanol–water partition coefficient (Wildman–Crippen LogP) is 4.60. The van der Waals surface area contributed by atoms with Gasteiger partial charge in [0.2, 0.25) is 0 Å². The third-order valence-electron chi connectivity index (χ3n) is 4.44. The van der Waals surface area contributed by atoms with Crippen molar-refractivity contribution in [2.24, 2.45) is 0 Å². The lowest BCUT2D eigenvalue weighted by molar-refractivity contribution is 0.140. The topological polar surface area (TPSA) is 25.4 Å². The minimum Gasteiger partial charge on any atom is -0.494 e. The molecule has 0 N–H and O–H groups in total. The largest absolute Gasteiger partial charge is 0.494 e. The van der Waals surface area contributed by atoms with E-state index in [0.29, 0.717) is 6.04 Å². The van der Waals surface area contributed by atoms with E-state index in [1.165, 1.54) is 30.4 Å². The number of hydrogen-bond acceptors (Lipinski definition) is 3. The fraction of sp³-hybridized carbons (Fsp3) is 0.450. The van der Waals surface area contributed by atoms with Gasteiger partial charge in [-0.15, -0.1) is 0 Å². The molecule has 0 saturated carbocycles. The Hall–Kier alpha value is -1.87. The SMILES string of the molecule is CCCOc1cccc(CN2CCCC[C@H]2c2cccnc2)c1. The van der Waals surface area contributed by atoms with Crippen LogP contribution >= 0.6 is 0 Å². The Morgan fingerprint density at radius 3 is 3.00 bits per heavy atom. The first-order valence-electron chi connectivity index (χ1n) is 8.72. The second-order valence-corrected chi connectivity index (χ2v) is 6.26. The van der Waals surface area contributed by atoms with Crippen molar-refractivity contribution in [2.45, 2.75) is 45.2 Å². The molecule has 0 unspecified atom stereocenters. The van der Waals surface area contributed by atoms with Gasteiger partial charge in [0.15, 0.2) is 0 Å². The Morgan fingerprint density at radius 2 is 2.17 bits per heavy atom. The van der Waals surface area contributed by atoms with E-state index in [0.717, 1.165) is 31.9 Å². The summed E-state index contributed by atoms with van der Waals surface area (Å²) in [6, 6.07) is 13.3. The van der Waals surface area contributed by atoms with Crippen LogP contribution in [0.5, 0.6) is 5.75 Å². The number of rotatable bonds is 6. The lowest BCUT2D eigenvalue weighted by Gasteiger charge is -2.36. The molecule has 2 heterocycles. The van der Waals surface area contributed by atoms with Crippen LogP contribution in [0.3, 0.4) is 0 Å². The van der Waals surface area contributed by atoms with Gasteiger partial charge >= 0.3 is 0 Å². The molecule has 0 radical (unpaired) electrons. The fourth-order valence-electron chi connectivity index (χ4n) is 3.32. The van der Waals surface area contributed by atoms with Gasteiger partial charge in [0.1, 0.15) is 5.75 Å². The molecule has 0 spiro atoms. The summed E-state index contributed by atoms with van der Waals surface area (Å²) in [7, 11) is 0. The Balaban J connectivity index is 1.72. The zero-order valence-corrected chi connectivity index (χ0v) is 13.9. The van der Waals surface area contributed by atoms with E-state index >= 15 is 0 Å². The van der Waals surface area contributed by atoms with Crippen molar-refractivity contribution >= 4 is 0 Å². The molecule has 2 aromatic rings. The van der Waals surface area contributed by atoms with Crippen LogP contribution in [0.2, 0.25) is 0 Å². The average Bonchev–Trinajstić information content (AvgIpc) is 2.61. The number of likely N-dealkylation sites (tertiary alicyclic amines) is 1. The van der Waals surface area contributed by atoms with Crippen LogP contribution in [-0.2, 0) is 6.54 Å². The quantitative estimate of drug-likeness (QED) is 0.780. The molecular weight excluding hydrogens is 284 g/mol. The smallest absolute Gasteiger partial charge is 0.119 e. The highest BCUT2D eigenvalue weighted by Crippen LogP contribution is 2.32. The molecule has 1 aliphatic heterocycles. The molecule has 1 atom stereocenters. The molecule has 1 aromatic carbocycles. The fourth-order valence-corrected chi connectivity index (χ4v) is 3.32. The molecule has 0 amide bonds. The molecule has 3 heteroatoms. The number of pyridine rings is 1. The van der Waals surface area contributed by atoms with E-state index in [4.69, 9.17) is 4.74 Å². The first kappa shape index (κ1) is 16.0. The number of benzene rings is 1. The first-order valence-corrected chi connectivity index (χ1v) is 8.72. The third kappa shape index (κ3) is 4.32. The minimum absolute atomic E-state index is 0.484. The maximum absolute atomic E-state index is 5.77. The zero-order chi connectivity index (χ0) is 15.9. The number of hydrogen-bond donors (Lipinski definition) is 0. The summed E-state index contributed by atoms with van der Waals surface area (Å²) in [5, 5.41) is 0. The summed E-state index contributed by atoms with van der Waals surface area (Å²) in [5.74, 6) is 0.985. The third-order valence-corrected chi connectivity index (χ3v) is 4.44. The monoisotopic (exact) mass is 310 g/mol. The van der Waals surface area contributed by atoms with Crippen molar-refractivity contribution < 1.29 is 4.74 Å². The number of piperidine rings is 1. The van der Waals surface area contributed by atoms with Crippen LogP contribution in [0, 0.1) is 0 Å². The summed E-state index contributed by atoms with van der Waals surface area (Å²) >= 11 is 0. The van der Waals surface area contributed by atoms with Crippen LogP contribution < -0.4 is 4.74 Å². The van der Waals surface area contributed by atoms with Crippen LogP contribution in [0.1, 0.15) is 49.8 Å². The van der Waals surface area contributed by atoms with E-state index in [1.807, 2.05) is 24.5 Å². The van der Waals surface area contributed by atoms with Crippen molar-refractivity contribution in [1.29, 1.82) is 0 Å². The first-order chi connectivity index (χ1) is 11.4. The number of nitrogens with zero attached hydrogens (tertiary/aromatic N) is 2. The van der Waals surface area contributed by atoms with Crippen LogP contribution in [0.4, 0.5) is 0 Å². The van der Waals surface area contributed by atoms with Crippen molar-refractivity contribution in [3.8, 4) is 5.75 Å². The highest BCUT2D eigenvalue weighted by atomic mass is 16.5. The van der Waals surface area contributed by atoms with E-state index in [2.05, 4.69) is 41.1 Å². The molecule has 0 aliphatic carbocycles. The standard InChI is InChI=1S/C20H26N2O/c1-2-13-23-19-9-5-7-17(14-19)16-22-12-4-3-10-20(22)18-8-6-11-21-15-18/h5-9,11,14-15,20H,2-4,10,12-13,16H2,1H3/t20-/m0/s1. The lowest BCUT2D eigenvalue weighted by Crippen LogP contribution is -2.32. The van der Waals surface area contributed by atoms with Crippen molar-refractivity contribution in [3.63, 3.8) is 0 Å². The van der Waals surface area contributed by atoms with E-state index in [1.54, 1.807) is 0 Å². The summed E-state index contributed by atoms with van der Waals surface area (Å²) < 4.78 is 5.77. The Morgan fingerprint density at radius 1 is 1.22 bits per heavy atom. The molecule has 122 valence electrons. The van der Waals surface area contributed by atoms with Crippen LogP contribution in [0.15, 0.2) is 48.8 Å². The second kappa shape index (κ2) is 8.11. The number of ether oxygens (including phenoxy) is 1.